The van der Waals surface area contributed by atoms with E-state index in [1.54, 1.807) is 55.5 Å². The Morgan fingerprint density at radius 2 is 1.90 bits per heavy atom. The molecule has 0 saturated carbocycles. The molecule has 0 fully saturated rings. The number of rotatable bonds is 7. The Bertz CT molecular complexity index is 1050. The Morgan fingerprint density at radius 1 is 1.23 bits per heavy atom. The van der Waals surface area contributed by atoms with Crippen LogP contribution >= 0.6 is 12.2 Å². The first kappa shape index (κ1) is 21.9. The number of amides is 2. The molecule has 3 rings (SSSR count). The maximum atomic E-state index is 13.2. The molecular weight excluding hydrogens is 416 g/mol. The summed E-state index contributed by atoms with van der Waals surface area (Å²) in [6, 6.07) is 15.9. The molecule has 4 N–H and O–H groups in total. The van der Waals surface area contributed by atoms with Gasteiger partial charge >= 0.3 is 0 Å². The van der Waals surface area contributed by atoms with Crippen LogP contribution in [0.25, 0.3) is 0 Å². The third-order valence-electron chi connectivity index (χ3n) is 4.36. The molecule has 1 aliphatic heterocycles. The summed E-state index contributed by atoms with van der Waals surface area (Å²) in [6.45, 7) is 3.92. The van der Waals surface area contributed by atoms with Crippen LogP contribution in [0.15, 0.2) is 64.8 Å². The predicted molar refractivity (Wildman–Crippen MR) is 124 cm³/mol. The standard InChI is InChI=1S/C21H22N6O3S/c1-3-30-16-12-8-7-11-15(16)23-19(28)18(24-25-21(22)31)17-13(2)26-27(20(17)29)14-9-5-4-6-10-14/h4-12,17H,3H2,1-2H3,(H,23,28)(H3,22,25,31)/b24-18-. The minimum atomic E-state index is -1.01. The minimum Gasteiger partial charge on any atom is -0.492 e. The summed E-state index contributed by atoms with van der Waals surface area (Å²) in [6.07, 6.45) is 0. The third kappa shape index (κ3) is 5.04. The van der Waals surface area contributed by atoms with Crippen molar-refractivity contribution in [2.45, 2.75) is 13.8 Å². The molecule has 0 spiro atoms. The summed E-state index contributed by atoms with van der Waals surface area (Å²) < 4.78 is 5.55. The minimum absolute atomic E-state index is 0.121. The highest BCUT2D eigenvalue weighted by Crippen LogP contribution is 2.27. The number of nitrogens with one attached hydrogen (secondary N) is 2. The molecular formula is C21H22N6O3S. The van der Waals surface area contributed by atoms with Crippen LogP contribution in [0.3, 0.4) is 0 Å². The number of carbonyl (C=O) groups excluding carboxylic acids is 2. The number of para-hydroxylation sites is 3. The summed E-state index contributed by atoms with van der Waals surface area (Å²) in [4.78, 5) is 26.3. The molecule has 0 saturated heterocycles. The number of ether oxygens (including phenoxy) is 1. The van der Waals surface area contributed by atoms with Gasteiger partial charge in [-0.05, 0) is 50.3 Å². The lowest BCUT2D eigenvalue weighted by molar-refractivity contribution is -0.119. The van der Waals surface area contributed by atoms with E-state index in [-0.39, 0.29) is 10.8 Å². The lowest BCUT2D eigenvalue weighted by Gasteiger charge is -2.17. The van der Waals surface area contributed by atoms with Gasteiger partial charge in [0.1, 0.15) is 17.4 Å². The fourth-order valence-corrected chi connectivity index (χ4v) is 3.08. The van der Waals surface area contributed by atoms with Crippen LogP contribution in [0.2, 0.25) is 0 Å². The fraction of sp³-hybridized carbons (Fsp3) is 0.190. The smallest absolute Gasteiger partial charge is 0.273 e. The molecule has 2 aromatic carbocycles. The Kier molecular flexibility index (Phi) is 6.93. The van der Waals surface area contributed by atoms with Gasteiger partial charge in [-0.15, -0.1) is 0 Å². The second-order valence-electron chi connectivity index (χ2n) is 6.52. The second kappa shape index (κ2) is 9.81. The number of hydrazone groups is 2. The van der Waals surface area contributed by atoms with E-state index in [2.05, 4.69) is 20.9 Å². The van der Waals surface area contributed by atoms with Gasteiger partial charge in [0, 0.05) is 0 Å². The summed E-state index contributed by atoms with van der Waals surface area (Å²) >= 11 is 4.80. The zero-order valence-electron chi connectivity index (χ0n) is 17.0. The summed E-state index contributed by atoms with van der Waals surface area (Å²) in [5.74, 6) is -1.55. The topological polar surface area (TPSA) is 121 Å². The second-order valence-corrected chi connectivity index (χ2v) is 6.96. The molecule has 1 aliphatic rings. The van der Waals surface area contributed by atoms with E-state index in [4.69, 9.17) is 22.7 Å². The first-order chi connectivity index (χ1) is 14.9. The highest BCUT2D eigenvalue weighted by molar-refractivity contribution is 7.80. The molecule has 0 radical (unpaired) electrons. The lowest BCUT2D eigenvalue weighted by Crippen LogP contribution is -2.41. The van der Waals surface area contributed by atoms with Crippen molar-refractivity contribution >= 4 is 51.9 Å². The first-order valence-corrected chi connectivity index (χ1v) is 9.93. The van der Waals surface area contributed by atoms with Crippen LogP contribution in [0, 0.1) is 5.92 Å². The van der Waals surface area contributed by atoms with Crippen molar-refractivity contribution in [3.05, 3.63) is 54.6 Å². The average molecular weight is 439 g/mol. The molecule has 0 aliphatic carbocycles. The number of nitrogens with two attached hydrogens (primary N) is 1. The van der Waals surface area contributed by atoms with Crippen molar-refractivity contribution in [3.8, 4) is 5.75 Å². The molecule has 9 nitrogen and oxygen atoms in total. The molecule has 1 heterocycles. The van der Waals surface area contributed by atoms with Crippen LogP contribution in [0.4, 0.5) is 11.4 Å². The molecule has 31 heavy (non-hydrogen) atoms. The Labute approximate surface area is 184 Å². The number of nitrogens with zero attached hydrogens (tertiary/aromatic N) is 3. The average Bonchev–Trinajstić information content (AvgIpc) is 3.05. The monoisotopic (exact) mass is 438 g/mol. The van der Waals surface area contributed by atoms with Gasteiger partial charge in [0.2, 0.25) is 0 Å². The van der Waals surface area contributed by atoms with E-state index in [1.807, 2.05) is 13.0 Å². The van der Waals surface area contributed by atoms with Crippen LogP contribution in [-0.4, -0.2) is 35.0 Å². The zero-order valence-corrected chi connectivity index (χ0v) is 17.8. The lowest BCUT2D eigenvalue weighted by atomic mass is 9.97. The van der Waals surface area contributed by atoms with E-state index < -0.39 is 17.7 Å². The molecule has 10 heteroatoms. The third-order valence-corrected chi connectivity index (χ3v) is 4.45. The highest BCUT2D eigenvalue weighted by Gasteiger charge is 2.41. The Balaban J connectivity index is 1.92. The number of thiocarbonyl (C=S) groups is 1. The quantitative estimate of drug-likeness (QED) is 0.346. The predicted octanol–water partition coefficient (Wildman–Crippen LogP) is 2.25. The van der Waals surface area contributed by atoms with Gasteiger partial charge < -0.3 is 15.8 Å². The molecule has 2 amide bonds. The zero-order chi connectivity index (χ0) is 22.4. The number of anilines is 2. The van der Waals surface area contributed by atoms with Crippen molar-refractivity contribution < 1.29 is 14.3 Å². The largest absolute Gasteiger partial charge is 0.492 e. The molecule has 2 aromatic rings. The number of carbonyl (C=O) groups is 2. The van der Waals surface area contributed by atoms with E-state index in [0.29, 0.717) is 29.4 Å². The highest BCUT2D eigenvalue weighted by atomic mass is 32.1. The summed E-state index contributed by atoms with van der Waals surface area (Å²) in [7, 11) is 0. The normalized spacial score (nSPS) is 16.0. The van der Waals surface area contributed by atoms with Gasteiger partial charge in [-0.1, -0.05) is 30.3 Å². The van der Waals surface area contributed by atoms with Gasteiger partial charge in [0.15, 0.2) is 5.11 Å². The summed E-state index contributed by atoms with van der Waals surface area (Å²) in [5, 5.41) is 12.2. The fourth-order valence-electron chi connectivity index (χ4n) is 3.03. The van der Waals surface area contributed by atoms with Gasteiger partial charge in [0.05, 0.1) is 23.7 Å². The van der Waals surface area contributed by atoms with Gasteiger partial charge in [-0.2, -0.15) is 15.2 Å². The van der Waals surface area contributed by atoms with E-state index in [1.165, 1.54) is 5.01 Å². The van der Waals surface area contributed by atoms with E-state index >= 15 is 0 Å². The van der Waals surface area contributed by atoms with Crippen LogP contribution < -0.4 is 26.2 Å². The van der Waals surface area contributed by atoms with Crippen LogP contribution in [0.1, 0.15) is 13.8 Å². The van der Waals surface area contributed by atoms with Gasteiger partial charge in [-0.3, -0.25) is 15.0 Å². The number of benzene rings is 2. The van der Waals surface area contributed by atoms with Crippen molar-refractivity contribution in [2.75, 3.05) is 16.9 Å². The molecule has 0 aromatic heterocycles. The van der Waals surface area contributed by atoms with Crippen molar-refractivity contribution in [1.29, 1.82) is 0 Å². The Morgan fingerprint density at radius 3 is 2.58 bits per heavy atom. The Hall–Kier alpha value is -3.79. The van der Waals surface area contributed by atoms with Gasteiger partial charge in [0.25, 0.3) is 11.8 Å². The molecule has 1 atom stereocenters. The SMILES string of the molecule is CCOc1ccccc1NC(=O)/C(=N\NC(N)=S)C1C(=O)N(c2ccccc2)N=C1C. The molecule has 0 bridgehead atoms. The van der Waals surface area contributed by atoms with Crippen molar-refractivity contribution in [1.82, 2.24) is 5.43 Å². The first-order valence-electron chi connectivity index (χ1n) is 9.52. The van der Waals surface area contributed by atoms with E-state index in [0.717, 1.165) is 0 Å². The maximum Gasteiger partial charge on any atom is 0.273 e. The van der Waals surface area contributed by atoms with E-state index in [9.17, 15) is 9.59 Å². The number of hydrogen-bond donors (Lipinski definition) is 3. The molecule has 160 valence electrons. The van der Waals surface area contributed by atoms with Gasteiger partial charge in [-0.25, -0.2) is 0 Å². The molecule has 1 unspecified atom stereocenters. The van der Waals surface area contributed by atoms with Crippen molar-refractivity contribution in [3.63, 3.8) is 0 Å². The maximum absolute atomic E-state index is 13.2. The van der Waals surface area contributed by atoms with Crippen molar-refractivity contribution in [2.24, 2.45) is 21.9 Å². The van der Waals surface area contributed by atoms with Crippen LogP contribution in [-0.2, 0) is 9.59 Å². The van der Waals surface area contributed by atoms with Crippen LogP contribution in [0.5, 0.6) is 5.75 Å². The summed E-state index contributed by atoms with van der Waals surface area (Å²) in [5.41, 5.74) is 9.19. The number of hydrogen-bond acceptors (Lipinski definition) is 6.